The molecule has 25 nitrogen and oxygen atoms in total. The Labute approximate surface area is 418 Å². The number of aromatic amines is 1. The average molecular weight is 1040 g/mol. The van der Waals surface area contributed by atoms with Gasteiger partial charge in [0.25, 0.3) is 0 Å². The summed E-state index contributed by atoms with van der Waals surface area (Å²) in [7, 11) is 1.50. The van der Waals surface area contributed by atoms with Crippen molar-refractivity contribution in [2.45, 2.75) is 111 Å². The Morgan fingerprint density at radius 1 is 0.944 bits per heavy atom. The molecular weight excluding hydrogens is 971 g/mol. The number of nitrogens with two attached hydrogens (primary N) is 3. The minimum atomic E-state index is -2.11. The Morgan fingerprint density at radius 3 is 2.24 bits per heavy atom. The first-order chi connectivity index (χ1) is 33.7. The number of primary amides is 1. The zero-order chi connectivity index (χ0) is 52.9. The minimum Gasteiger partial charge on any atom is -0.610 e. The standard InChI is InChI=1S/C44H71N11O14S2/c1-5-22(2)38(54-36(63)13-45)42(66)50-16-37(64)51-25(18-57)21-71(68)44-29(28-6-7-33(69-4)30(40(28)55-44)20-70-27-8-9-48-15-27)10-24(17-56)52-43(67)39(23(3)32(60)19-58)53-35(62)11-26(59)14-49-41(65)31(46)12-34(47)61/h6-7,18,22-27,31-32,38-39,48,55-56,58-60H,5,8-17,19-21,45-46H2,1-4H3,(H2,47,61)(H,49,65)(H,50,66)(H,51,64)(H,52,67)(H,53,62)(H,54,63)/t22-,23-,24-,25+,26+,27?,31-,32-,38-,39-,71?/m0/s1. The van der Waals surface area contributed by atoms with E-state index in [-0.39, 0.29) is 23.9 Å². The van der Waals surface area contributed by atoms with Crippen molar-refractivity contribution in [2.75, 3.05) is 58.8 Å². The van der Waals surface area contributed by atoms with E-state index in [0.717, 1.165) is 25.1 Å². The van der Waals surface area contributed by atoms with Gasteiger partial charge in [-0.15, -0.1) is 0 Å². The topological polar surface area (TPSA) is 428 Å². The van der Waals surface area contributed by atoms with E-state index < -0.39 is 146 Å². The van der Waals surface area contributed by atoms with Gasteiger partial charge in [0.15, 0.2) is 0 Å². The van der Waals surface area contributed by atoms with Gasteiger partial charge < -0.3 is 93.9 Å². The van der Waals surface area contributed by atoms with Crippen molar-refractivity contribution < 1.29 is 68.1 Å². The Balaban J connectivity index is 1.92. The monoisotopic (exact) mass is 1040 g/mol. The van der Waals surface area contributed by atoms with E-state index in [4.69, 9.17) is 21.9 Å². The van der Waals surface area contributed by atoms with Gasteiger partial charge in [-0.3, -0.25) is 33.6 Å². The third kappa shape index (κ3) is 18.5. The number of hydrogen-bond donors (Lipinski definition) is 15. The number of amides is 7. The Hall–Kier alpha value is -5.10. The first kappa shape index (κ1) is 60.2. The van der Waals surface area contributed by atoms with Crippen molar-refractivity contribution in [3.8, 4) is 5.75 Å². The average Bonchev–Trinajstić information content (AvgIpc) is 4.01. The van der Waals surface area contributed by atoms with Crippen molar-refractivity contribution >= 4 is 81.5 Å². The number of carbonyl (C=O) groups excluding carboxylic acids is 8. The molecule has 1 aromatic carbocycles. The van der Waals surface area contributed by atoms with Gasteiger partial charge in [0.1, 0.15) is 35.9 Å². The van der Waals surface area contributed by atoms with Crippen LogP contribution in [0.25, 0.3) is 10.9 Å². The summed E-state index contributed by atoms with van der Waals surface area (Å²) in [5.41, 5.74) is 17.7. The fraction of sp³-hybridized carbons (Fsp3) is 0.636. The van der Waals surface area contributed by atoms with Gasteiger partial charge in [0, 0.05) is 64.1 Å². The van der Waals surface area contributed by atoms with E-state index in [2.05, 4.69) is 42.2 Å². The lowest BCUT2D eigenvalue weighted by Gasteiger charge is -2.29. The number of aldehydes is 1. The second kappa shape index (κ2) is 30.1. The molecule has 1 saturated heterocycles. The molecule has 1 aliphatic heterocycles. The highest BCUT2D eigenvalue weighted by Crippen LogP contribution is 2.37. The van der Waals surface area contributed by atoms with Gasteiger partial charge in [0.05, 0.1) is 76.1 Å². The number of methoxy groups -OCH3 is 1. The highest BCUT2D eigenvalue weighted by Gasteiger charge is 2.35. The summed E-state index contributed by atoms with van der Waals surface area (Å²) in [5.74, 6) is -6.43. The van der Waals surface area contributed by atoms with Crippen LogP contribution in [0.4, 0.5) is 0 Å². The van der Waals surface area contributed by atoms with E-state index in [9.17, 15) is 63.3 Å². The Morgan fingerprint density at radius 2 is 1.65 bits per heavy atom. The predicted molar refractivity (Wildman–Crippen MR) is 262 cm³/mol. The van der Waals surface area contributed by atoms with Crippen LogP contribution in [-0.4, -0.2) is 184 Å². The van der Waals surface area contributed by atoms with Crippen LogP contribution in [0.1, 0.15) is 57.6 Å². The number of nitrogens with one attached hydrogen (secondary N) is 8. The number of aliphatic hydroxyl groups is 4. The number of aromatic nitrogens is 1. The Kier molecular flexibility index (Phi) is 25.5. The molecule has 1 aromatic heterocycles. The Bertz CT molecular complexity index is 2130. The number of benzene rings is 1. The molecule has 71 heavy (non-hydrogen) atoms. The summed E-state index contributed by atoms with van der Waals surface area (Å²) in [6, 6.07) is -2.93. The molecule has 1 aliphatic rings. The van der Waals surface area contributed by atoms with Gasteiger partial charge in [-0.25, -0.2) is 0 Å². The zero-order valence-corrected chi connectivity index (χ0v) is 42.0. The van der Waals surface area contributed by atoms with Crippen LogP contribution >= 0.6 is 11.8 Å². The summed E-state index contributed by atoms with van der Waals surface area (Å²) < 4.78 is 20.2. The summed E-state index contributed by atoms with van der Waals surface area (Å²) in [6.07, 6.45) is -2.52. The molecule has 398 valence electrons. The van der Waals surface area contributed by atoms with Crippen LogP contribution in [0.5, 0.6) is 5.75 Å². The van der Waals surface area contributed by atoms with Crippen LogP contribution in [0.3, 0.4) is 0 Å². The molecule has 2 aromatic rings. The van der Waals surface area contributed by atoms with Crippen LogP contribution in [0.2, 0.25) is 0 Å². The summed E-state index contributed by atoms with van der Waals surface area (Å²) in [6.45, 7) is 3.65. The number of ether oxygens (including phenoxy) is 1. The quantitative estimate of drug-likeness (QED) is 0.0240. The van der Waals surface area contributed by atoms with Crippen LogP contribution < -0.4 is 59.2 Å². The van der Waals surface area contributed by atoms with Gasteiger partial charge >= 0.3 is 0 Å². The van der Waals surface area contributed by atoms with E-state index in [1.807, 2.05) is 6.92 Å². The highest BCUT2D eigenvalue weighted by molar-refractivity contribution is 7.99. The molecule has 27 heteroatoms. The third-order valence-electron chi connectivity index (χ3n) is 11.9. The smallest absolute Gasteiger partial charge is 0.243 e. The van der Waals surface area contributed by atoms with Gasteiger partial charge in [-0.2, -0.15) is 11.8 Å². The molecule has 3 rings (SSSR count). The third-order valence-corrected chi connectivity index (χ3v) is 14.7. The van der Waals surface area contributed by atoms with E-state index >= 15 is 0 Å². The number of fused-ring (bicyclic) bond motifs is 1. The number of hydrogen-bond acceptors (Lipinski definition) is 18. The lowest BCUT2D eigenvalue weighted by molar-refractivity contribution is -0.133. The number of aliphatic hydroxyl groups excluding tert-OH is 4. The zero-order valence-electron chi connectivity index (χ0n) is 40.3. The first-order valence-corrected chi connectivity index (χ1v) is 25.5. The van der Waals surface area contributed by atoms with Crippen molar-refractivity contribution in [3.05, 3.63) is 23.3 Å². The van der Waals surface area contributed by atoms with E-state index in [0.29, 0.717) is 45.9 Å². The van der Waals surface area contributed by atoms with Gasteiger partial charge in [-0.05, 0) is 31.0 Å². The van der Waals surface area contributed by atoms with Crippen molar-refractivity contribution in [2.24, 2.45) is 29.0 Å². The molecule has 2 heterocycles. The molecule has 7 amide bonds. The molecule has 18 N–H and O–H groups in total. The SMILES string of the molecule is CC[C@H](C)[C@H](NC(=O)CN)C(=O)NCC(=O)N[C@H](C=O)C[S+]([O-])c1[nH]c2c(CSC3CCNC3)c(OC)ccc2c1C[C@@H](CO)NC(=O)[C@@H](NC(=O)C[C@@H](O)CNC(=O)[C@@H](N)CC(N)=O)[C@@H](C)[C@@H](O)CO. The number of thioether (sulfide) groups is 1. The normalized spacial score (nSPS) is 17.8. The number of carbonyl (C=O) groups is 8. The second-order valence-electron chi connectivity index (χ2n) is 17.3. The summed E-state index contributed by atoms with van der Waals surface area (Å²) in [5, 5.41) is 60.6. The maximum atomic E-state index is 14.5. The molecule has 0 saturated carbocycles. The molecular formula is C44H71N11O14S2. The fourth-order valence-corrected chi connectivity index (χ4v) is 10.1. The molecule has 11 atom stereocenters. The molecule has 0 bridgehead atoms. The van der Waals surface area contributed by atoms with Crippen molar-refractivity contribution in [3.63, 3.8) is 0 Å². The first-order valence-electron chi connectivity index (χ1n) is 23.1. The maximum Gasteiger partial charge on any atom is 0.243 e. The second-order valence-corrected chi connectivity index (χ2v) is 20.1. The molecule has 1 fully saturated rings. The lowest BCUT2D eigenvalue weighted by Crippen LogP contribution is -2.56. The van der Waals surface area contributed by atoms with E-state index in [1.165, 1.54) is 14.0 Å². The molecule has 0 aliphatic carbocycles. The number of H-pyrrole nitrogens is 1. The highest BCUT2D eigenvalue weighted by atomic mass is 32.2. The summed E-state index contributed by atoms with van der Waals surface area (Å²) in [4.78, 5) is 104. The largest absolute Gasteiger partial charge is 0.610 e. The van der Waals surface area contributed by atoms with Crippen LogP contribution in [-0.2, 0) is 61.7 Å². The van der Waals surface area contributed by atoms with Gasteiger partial charge in [-0.1, -0.05) is 27.2 Å². The van der Waals surface area contributed by atoms with E-state index in [1.54, 1.807) is 30.8 Å². The van der Waals surface area contributed by atoms with Gasteiger partial charge in [0.2, 0.25) is 46.4 Å². The van der Waals surface area contributed by atoms with Crippen molar-refractivity contribution in [1.82, 2.24) is 42.2 Å². The minimum absolute atomic E-state index is 0.0850. The summed E-state index contributed by atoms with van der Waals surface area (Å²) >= 11 is -0.426. The molecule has 2 unspecified atom stereocenters. The predicted octanol–water partition coefficient (Wildman–Crippen LogP) is -5.27. The van der Waals surface area contributed by atoms with Crippen LogP contribution in [0, 0.1) is 11.8 Å². The molecule has 0 spiro atoms. The lowest BCUT2D eigenvalue weighted by atomic mass is 9.94. The fourth-order valence-electron chi connectivity index (χ4n) is 7.57. The number of rotatable bonds is 32. The molecule has 0 radical (unpaired) electrons. The van der Waals surface area contributed by atoms with Crippen LogP contribution in [0.15, 0.2) is 17.2 Å². The van der Waals surface area contributed by atoms with Crippen molar-refractivity contribution in [1.29, 1.82) is 0 Å². The maximum absolute atomic E-state index is 14.5.